The molecule has 0 fully saturated rings. The van der Waals surface area contributed by atoms with Gasteiger partial charge in [-0.05, 0) is 19.1 Å². The maximum Gasteiger partial charge on any atom is 0.352 e. The summed E-state index contributed by atoms with van der Waals surface area (Å²) in [7, 11) is -2.54. The molecule has 0 bridgehead atoms. The van der Waals surface area contributed by atoms with Gasteiger partial charge in [-0.1, -0.05) is 0 Å². The lowest BCUT2D eigenvalue weighted by atomic mass is 10.1. The number of anilines is 1. The van der Waals surface area contributed by atoms with Crippen LogP contribution in [0.5, 0.6) is 0 Å². The molecule has 9 nitrogen and oxygen atoms in total. The van der Waals surface area contributed by atoms with Crippen molar-refractivity contribution in [2.45, 2.75) is 6.92 Å². The van der Waals surface area contributed by atoms with E-state index < -0.39 is 32.8 Å². The third kappa shape index (κ3) is 3.18. The van der Waals surface area contributed by atoms with E-state index in [1.165, 1.54) is 14.0 Å². The summed E-state index contributed by atoms with van der Waals surface area (Å²) < 4.78 is 41.0. The Morgan fingerprint density at radius 3 is 2.62 bits per heavy atom. The van der Waals surface area contributed by atoms with Crippen molar-refractivity contribution < 1.29 is 12.8 Å². The Morgan fingerprint density at radius 1 is 1.38 bits per heavy atom. The van der Waals surface area contributed by atoms with Crippen molar-refractivity contribution in [3.8, 4) is 11.8 Å². The lowest BCUT2D eigenvalue weighted by Gasteiger charge is -2.12. The summed E-state index contributed by atoms with van der Waals surface area (Å²) in [5.41, 5.74) is -2.46. The van der Waals surface area contributed by atoms with Crippen LogP contribution >= 0.6 is 0 Å². The van der Waals surface area contributed by atoms with Crippen LogP contribution in [-0.4, -0.2) is 28.5 Å². The molecular formula is C13H12FN5O4S. The molecule has 0 aliphatic heterocycles. The highest BCUT2D eigenvalue weighted by Crippen LogP contribution is 2.23. The van der Waals surface area contributed by atoms with E-state index in [1.807, 2.05) is 0 Å². The van der Waals surface area contributed by atoms with Crippen LogP contribution in [0.4, 0.5) is 10.1 Å². The zero-order valence-corrected chi connectivity index (χ0v) is 13.5. The number of nitrogens with one attached hydrogen (secondary N) is 1. The predicted molar refractivity (Wildman–Crippen MR) is 82.8 cm³/mol. The number of sulfonamides is 1. The number of hydrogen-bond donors (Lipinski definition) is 1. The first-order chi connectivity index (χ1) is 11.2. The molecule has 0 atom stereocenters. The Balaban J connectivity index is 2.74. The average Bonchev–Trinajstić information content (AvgIpc) is 2.54. The van der Waals surface area contributed by atoms with Gasteiger partial charge in [0.25, 0.3) is 5.56 Å². The zero-order valence-electron chi connectivity index (χ0n) is 12.6. The van der Waals surface area contributed by atoms with Gasteiger partial charge >= 0.3 is 5.69 Å². The van der Waals surface area contributed by atoms with Crippen LogP contribution in [0.3, 0.4) is 0 Å². The largest absolute Gasteiger partial charge is 0.352 e. The van der Waals surface area contributed by atoms with Crippen molar-refractivity contribution >= 4 is 15.7 Å². The van der Waals surface area contributed by atoms with Crippen LogP contribution in [0.1, 0.15) is 12.5 Å². The number of rotatable bonds is 4. The van der Waals surface area contributed by atoms with Gasteiger partial charge in [0.15, 0.2) is 5.82 Å². The standard InChI is InChI=1S/C13H12FN5O4S/c1-3-24(22,23)17-10-5-11(9(14)4-8(10)6-15)19-13(21)18(2)12(20)7-16-19/h4-5,7,17H,3H2,1-2H3. The summed E-state index contributed by atoms with van der Waals surface area (Å²) in [5, 5.41) is 12.6. The molecule has 0 saturated heterocycles. The first-order valence-corrected chi connectivity index (χ1v) is 8.25. The molecule has 0 spiro atoms. The van der Waals surface area contributed by atoms with E-state index in [9.17, 15) is 22.4 Å². The van der Waals surface area contributed by atoms with Gasteiger partial charge in [0.2, 0.25) is 10.0 Å². The Hall–Kier alpha value is -3.00. The SMILES string of the molecule is CCS(=O)(=O)Nc1cc(-n2ncc(=O)n(C)c2=O)c(F)cc1C#N. The monoisotopic (exact) mass is 353 g/mol. The number of hydrogen-bond acceptors (Lipinski definition) is 6. The summed E-state index contributed by atoms with van der Waals surface area (Å²) in [4.78, 5) is 23.4. The number of aromatic nitrogens is 3. The third-order valence-electron chi connectivity index (χ3n) is 3.16. The average molecular weight is 353 g/mol. The van der Waals surface area contributed by atoms with Crippen molar-refractivity contribution in [3.05, 3.63) is 50.5 Å². The maximum atomic E-state index is 14.2. The van der Waals surface area contributed by atoms with Crippen molar-refractivity contribution in [2.75, 3.05) is 10.5 Å². The molecule has 0 amide bonds. The quantitative estimate of drug-likeness (QED) is 0.804. The molecule has 126 valence electrons. The molecule has 1 N–H and O–H groups in total. The summed E-state index contributed by atoms with van der Waals surface area (Å²) >= 11 is 0. The second kappa shape index (κ2) is 6.25. The van der Waals surface area contributed by atoms with E-state index in [0.717, 1.165) is 18.3 Å². The highest BCUT2D eigenvalue weighted by molar-refractivity contribution is 7.92. The molecule has 0 aliphatic rings. The smallest absolute Gasteiger partial charge is 0.282 e. The fourth-order valence-electron chi connectivity index (χ4n) is 1.79. The molecule has 0 unspecified atom stereocenters. The van der Waals surface area contributed by atoms with Crippen molar-refractivity contribution in [2.24, 2.45) is 7.05 Å². The lowest BCUT2D eigenvalue weighted by Crippen LogP contribution is -2.38. The fraction of sp³-hybridized carbons (Fsp3) is 0.231. The Bertz CT molecular complexity index is 1070. The topological polar surface area (TPSA) is 127 Å². The van der Waals surface area contributed by atoms with E-state index in [4.69, 9.17) is 5.26 Å². The lowest BCUT2D eigenvalue weighted by molar-refractivity contribution is 0.584. The fourth-order valence-corrected chi connectivity index (χ4v) is 2.43. The summed E-state index contributed by atoms with van der Waals surface area (Å²) in [6.45, 7) is 1.39. The van der Waals surface area contributed by atoms with E-state index in [-0.39, 0.29) is 17.0 Å². The Labute approximate surface area is 135 Å². The molecule has 0 saturated carbocycles. The molecular weight excluding hydrogens is 341 g/mol. The first-order valence-electron chi connectivity index (χ1n) is 6.60. The highest BCUT2D eigenvalue weighted by Gasteiger charge is 2.17. The van der Waals surface area contributed by atoms with Gasteiger partial charge < -0.3 is 0 Å². The normalized spacial score (nSPS) is 11.1. The van der Waals surface area contributed by atoms with Crippen LogP contribution in [-0.2, 0) is 17.1 Å². The number of benzene rings is 1. The van der Waals surface area contributed by atoms with Crippen LogP contribution < -0.4 is 16.0 Å². The van der Waals surface area contributed by atoms with Crippen LogP contribution in [0.25, 0.3) is 5.69 Å². The predicted octanol–water partition coefficient (Wildman–Crippen LogP) is -0.296. The minimum Gasteiger partial charge on any atom is -0.282 e. The maximum absolute atomic E-state index is 14.2. The van der Waals surface area contributed by atoms with E-state index in [2.05, 4.69) is 9.82 Å². The number of nitrogens with zero attached hydrogens (tertiary/aromatic N) is 4. The summed E-state index contributed by atoms with van der Waals surface area (Å²) in [6.07, 6.45) is 0.814. The van der Waals surface area contributed by atoms with Gasteiger partial charge in [0.05, 0.1) is 17.0 Å². The van der Waals surface area contributed by atoms with Gasteiger partial charge in [0.1, 0.15) is 18.0 Å². The molecule has 2 aromatic rings. The van der Waals surface area contributed by atoms with Crippen molar-refractivity contribution in [3.63, 3.8) is 0 Å². The molecule has 11 heteroatoms. The van der Waals surface area contributed by atoms with Gasteiger partial charge in [-0.3, -0.25) is 14.1 Å². The van der Waals surface area contributed by atoms with Gasteiger partial charge in [-0.25, -0.2) is 17.6 Å². The van der Waals surface area contributed by atoms with Crippen LogP contribution in [0.15, 0.2) is 27.9 Å². The molecule has 2 rings (SSSR count). The van der Waals surface area contributed by atoms with E-state index in [0.29, 0.717) is 9.25 Å². The summed E-state index contributed by atoms with van der Waals surface area (Å²) in [6, 6.07) is 3.42. The molecule has 1 heterocycles. The number of halogens is 1. The molecule has 1 aromatic heterocycles. The second-order valence-electron chi connectivity index (χ2n) is 4.70. The van der Waals surface area contributed by atoms with Crippen LogP contribution in [0, 0.1) is 17.1 Å². The summed E-state index contributed by atoms with van der Waals surface area (Å²) in [5.74, 6) is -1.23. The van der Waals surface area contributed by atoms with Gasteiger partial charge in [-0.15, -0.1) is 0 Å². The Kier molecular flexibility index (Phi) is 4.52. The van der Waals surface area contributed by atoms with E-state index >= 15 is 0 Å². The molecule has 24 heavy (non-hydrogen) atoms. The highest BCUT2D eigenvalue weighted by atomic mass is 32.2. The molecule has 0 aliphatic carbocycles. The van der Waals surface area contributed by atoms with Crippen molar-refractivity contribution in [1.29, 1.82) is 5.26 Å². The number of nitriles is 1. The van der Waals surface area contributed by atoms with Gasteiger partial charge in [-0.2, -0.15) is 15.0 Å². The van der Waals surface area contributed by atoms with Crippen LogP contribution in [0.2, 0.25) is 0 Å². The molecule has 0 radical (unpaired) electrons. The minimum atomic E-state index is -3.73. The van der Waals surface area contributed by atoms with Crippen molar-refractivity contribution in [1.82, 2.24) is 14.3 Å². The Morgan fingerprint density at radius 2 is 2.04 bits per heavy atom. The van der Waals surface area contributed by atoms with E-state index in [1.54, 1.807) is 6.07 Å². The zero-order chi connectivity index (χ0) is 18.1. The third-order valence-corrected chi connectivity index (χ3v) is 4.45. The second-order valence-corrected chi connectivity index (χ2v) is 6.71. The first kappa shape index (κ1) is 17.4. The molecule has 1 aromatic carbocycles. The van der Waals surface area contributed by atoms with Gasteiger partial charge in [0, 0.05) is 7.05 Å². The minimum absolute atomic E-state index is 0.196.